The average molecular weight is 516 g/mol. The van der Waals surface area contributed by atoms with E-state index in [0.717, 1.165) is 16.0 Å². The topological polar surface area (TPSA) is 82.0 Å². The highest BCUT2D eigenvalue weighted by molar-refractivity contribution is 8.00. The molecule has 0 bridgehead atoms. The van der Waals surface area contributed by atoms with E-state index in [0.29, 0.717) is 28.2 Å². The van der Waals surface area contributed by atoms with Crippen LogP contribution in [-0.4, -0.2) is 17.1 Å². The number of halogens is 1. The molecule has 1 aromatic heterocycles. The van der Waals surface area contributed by atoms with Crippen LogP contribution in [0.5, 0.6) is 0 Å². The molecule has 0 aliphatic rings. The molecule has 0 spiro atoms. The lowest BCUT2D eigenvalue weighted by Crippen LogP contribution is -2.24. The maximum Gasteiger partial charge on any atom is 0.255 e. The summed E-state index contributed by atoms with van der Waals surface area (Å²) in [5.41, 5.74) is 3.09. The maximum atomic E-state index is 13.1. The van der Waals surface area contributed by atoms with E-state index in [1.165, 1.54) is 47.4 Å². The summed E-state index contributed by atoms with van der Waals surface area (Å²) in [5, 5.41) is 17.5. The number of benzene rings is 3. The van der Waals surface area contributed by atoms with Gasteiger partial charge in [-0.1, -0.05) is 43.3 Å². The van der Waals surface area contributed by atoms with Gasteiger partial charge in [0.1, 0.15) is 16.9 Å². The number of anilines is 2. The second-order valence-corrected chi connectivity index (χ2v) is 9.98. The summed E-state index contributed by atoms with van der Waals surface area (Å²) in [5.74, 6) is -0.950. The molecule has 0 fully saturated rings. The molecule has 36 heavy (non-hydrogen) atoms. The van der Waals surface area contributed by atoms with Gasteiger partial charge in [0, 0.05) is 27.1 Å². The van der Waals surface area contributed by atoms with Crippen molar-refractivity contribution in [3.63, 3.8) is 0 Å². The predicted molar refractivity (Wildman–Crippen MR) is 144 cm³/mol. The lowest BCUT2D eigenvalue weighted by molar-refractivity contribution is -0.115. The first-order valence-corrected chi connectivity index (χ1v) is 13.0. The van der Waals surface area contributed by atoms with Crippen molar-refractivity contribution in [1.82, 2.24) is 0 Å². The quantitative estimate of drug-likeness (QED) is 0.243. The normalized spacial score (nSPS) is 11.4. The Morgan fingerprint density at radius 2 is 1.78 bits per heavy atom. The molecule has 180 valence electrons. The molecule has 0 aliphatic carbocycles. The van der Waals surface area contributed by atoms with Crippen LogP contribution >= 0.6 is 23.1 Å². The molecule has 1 heterocycles. The number of nitriles is 1. The van der Waals surface area contributed by atoms with Crippen LogP contribution in [0.25, 0.3) is 11.1 Å². The fraction of sp³-hybridized carbons (Fsp3) is 0.107. The molecule has 0 saturated heterocycles. The molecule has 3 aromatic carbocycles. The van der Waals surface area contributed by atoms with Crippen LogP contribution in [0.2, 0.25) is 0 Å². The number of carbonyl (C=O) groups excluding carboxylic acids is 2. The lowest BCUT2D eigenvalue weighted by Gasteiger charge is -2.15. The Morgan fingerprint density at radius 3 is 2.47 bits per heavy atom. The highest BCUT2D eigenvalue weighted by Crippen LogP contribution is 2.36. The van der Waals surface area contributed by atoms with Crippen molar-refractivity contribution in [3.8, 4) is 17.2 Å². The molecule has 1 atom stereocenters. The fourth-order valence-electron chi connectivity index (χ4n) is 3.52. The maximum absolute atomic E-state index is 13.1. The third kappa shape index (κ3) is 6.00. The van der Waals surface area contributed by atoms with Gasteiger partial charge in [0.2, 0.25) is 5.91 Å². The first-order valence-electron chi connectivity index (χ1n) is 11.2. The largest absolute Gasteiger partial charge is 0.322 e. The first kappa shape index (κ1) is 25.2. The van der Waals surface area contributed by atoms with Gasteiger partial charge >= 0.3 is 0 Å². The SMILES string of the molecule is CCC(Sc1cccc(NC(=O)c2ccc(F)cc2)c1)C(=O)Nc1scc(-c2ccccc2)c1C#N. The van der Waals surface area contributed by atoms with Gasteiger partial charge in [0.05, 0.1) is 10.8 Å². The minimum Gasteiger partial charge on any atom is -0.322 e. The van der Waals surface area contributed by atoms with Crippen molar-refractivity contribution in [2.75, 3.05) is 10.6 Å². The molecular weight excluding hydrogens is 493 g/mol. The Labute approximate surface area is 217 Å². The number of hydrogen-bond donors (Lipinski definition) is 2. The van der Waals surface area contributed by atoms with Gasteiger partial charge in [0.15, 0.2) is 0 Å². The Bertz CT molecular complexity index is 1410. The number of rotatable bonds is 8. The molecule has 1 unspecified atom stereocenters. The smallest absolute Gasteiger partial charge is 0.255 e. The van der Waals surface area contributed by atoms with Crippen LogP contribution in [-0.2, 0) is 4.79 Å². The number of thiophene rings is 1. The molecule has 0 saturated carbocycles. The van der Waals surface area contributed by atoms with Crippen LogP contribution in [0.1, 0.15) is 29.3 Å². The zero-order valence-electron chi connectivity index (χ0n) is 19.3. The second-order valence-electron chi connectivity index (χ2n) is 7.82. The molecule has 2 amide bonds. The number of nitrogens with zero attached hydrogens (tertiary/aromatic N) is 1. The fourth-order valence-corrected chi connectivity index (χ4v) is 5.46. The summed E-state index contributed by atoms with van der Waals surface area (Å²) in [6.45, 7) is 1.92. The van der Waals surface area contributed by atoms with Crippen LogP contribution in [0.4, 0.5) is 15.1 Å². The van der Waals surface area contributed by atoms with Gasteiger partial charge in [-0.2, -0.15) is 5.26 Å². The molecule has 0 aliphatic heterocycles. The minimum absolute atomic E-state index is 0.193. The van der Waals surface area contributed by atoms with E-state index in [1.54, 1.807) is 18.2 Å². The second kappa shape index (κ2) is 11.7. The van der Waals surface area contributed by atoms with Crippen molar-refractivity contribution < 1.29 is 14.0 Å². The van der Waals surface area contributed by atoms with Crippen molar-refractivity contribution in [2.24, 2.45) is 0 Å². The lowest BCUT2D eigenvalue weighted by atomic mass is 10.1. The Morgan fingerprint density at radius 1 is 1.03 bits per heavy atom. The van der Waals surface area contributed by atoms with Crippen molar-refractivity contribution >= 4 is 45.6 Å². The van der Waals surface area contributed by atoms with Crippen LogP contribution in [0.15, 0.2) is 89.1 Å². The van der Waals surface area contributed by atoms with Gasteiger partial charge in [0.25, 0.3) is 5.91 Å². The van der Waals surface area contributed by atoms with Gasteiger partial charge in [-0.25, -0.2) is 4.39 Å². The number of hydrogen-bond acceptors (Lipinski definition) is 5. The van der Waals surface area contributed by atoms with E-state index >= 15 is 0 Å². The predicted octanol–water partition coefficient (Wildman–Crippen LogP) is 7.19. The third-order valence-electron chi connectivity index (χ3n) is 5.36. The molecule has 8 heteroatoms. The van der Waals surface area contributed by atoms with E-state index in [-0.39, 0.29) is 11.8 Å². The highest BCUT2D eigenvalue weighted by atomic mass is 32.2. The minimum atomic E-state index is -0.408. The summed E-state index contributed by atoms with van der Waals surface area (Å²) in [6.07, 6.45) is 0.571. The summed E-state index contributed by atoms with van der Waals surface area (Å²) in [6, 6.07) is 24.3. The highest BCUT2D eigenvalue weighted by Gasteiger charge is 2.22. The summed E-state index contributed by atoms with van der Waals surface area (Å²) in [4.78, 5) is 26.4. The zero-order chi connectivity index (χ0) is 25.5. The van der Waals surface area contributed by atoms with E-state index in [1.807, 2.05) is 48.7 Å². The molecule has 0 radical (unpaired) electrons. The first-order chi connectivity index (χ1) is 17.5. The van der Waals surface area contributed by atoms with E-state index in [4.69, 9.17) is 0 Å². The summed E-state index contributed by atoms with van der Waals surface area (Å²) in [7, 11) is 0. The number of nitrogens with one attached hydrogen (secondary N) is 2. The number of thioether (sulfide) groups is 1. The van der Waals surface area contributed by atoms with Crippen molar-refractivity contribution in [1.29, 1.82) is 5.26 Å². The molecule has 5 nitrogen and oxygen atoms in total. The van der Waals surface area contributed by atoms with Crippen LogP contribution in [0, 0.1) is 17.1 Å². The van der Waals surface area contributed by atoms with Gasteiger partial charge in [-0.3, -0.25) is 9.59 Å². The molecule has 4 aromatic rings. The van der Waals surface area contributed by atoms with Crippen molar-refractivity contribution in [3.05, 3.63) is 101 Å². The third-order valence-corrected chi connectivity index (χ3v) is 7.62. The number of carbonyl (C=O) groups is 2. The standard InChI is InChI=1S/C28H22FN3O2S2/c1-2-25(27(34)32-28-23(16-30)24(17-35-28)18-7-4-3-5-8-18)36-22-10-6-9-21(15-22)31-26(33)19-11-13-20(29)14-12-19/h3-15,17,25H,2H2,1H3,(H,31,33)(H,32,34). The van der Waals surface area contributed by atoms with Gasteiger partial charge in [-0.15, -0.1) is 23.1 Å². The van der Waals surface area contributed by atoms with E-state index in [2.05, 4.69) is 16.7 Å². The van der Waals surface area contributed by atoms with Crippen LogP contribution in [0.3, 0.4) is 0 Å². The summed E-state index contributed by atoms with van der Waals surface area (Å²) >= 11 is 2.71. The average Bonchev–Trinajstić information content (AvgIpc) is 3.30. The van der Waals surface area contributed by atoms with Gasteiger partial charge in [-0.05, 0) is 54.4 Å². The van der Waals surface area contributed by atoms with Gasteiger partial charge < -0.3 is 10.6 Å². The molecular formula is C28H22FN3O2S2. The number of amides is 2. The summed E-state index contributed by atoms with van der Waals surface area (Å²) < 4.78 is 13.1. The zero-order valence-corrected chi connectivity index (χ0v) is 21.0. The molecule has 2 N–H and O–H groups in total. The van der Waals surface area contributed by atoms with E-state index < -0.39 is 11.1 Å². The Hall–Kier alpha value is -3.93. The monoisotopic (exact) mass is 515 g/mol. The van der Waals surface area contributed by atoms with Crippen molar-refractivity contribution in [2.45, 2.75) is 23.5 Å². The molecule has 4 rings (SSSR count). The van der Waals surface area contributed by atoms with Crippen LogP contribution < -0.4 is 10.6 Å². The Kier molecular flexibility index (Phi) is 8.16. The Balaban J connectivity index is 1.45. The van der Waals surface area contributed by atoms with E-state index in [9.17, 15) is 19.2 Å².